The number of terminal acetylenes is 1. The molecule has 384 valence electrons. The number of rotatable bonds is 14. The standard InChI is InChI=1S/C57H54F2N8O8/c1-6-36-38-22-35(11-13-45(38)61-50-42(36)26-67-46(50)23-39(47(70)27-68)43(29-73-5)55(67)72)74-28-31(3)54(71)64-18-19-66(32(4)25-64)53-41-24-60-51(40-21-34(69)20-33-10-12-44(58)37(7-2)48(33)40)49(59)52(41)62-56(63-53)75-30-57-14-8-16-65(57)17-9-15-57/h2,10-13,20-24,27,32,47,69-70H,3,6,8-9,14-19,25-26,28-30H2,1,4-5H3/t32-,47?/m0/s1. The van der Waals surface area contributed by atoms with Gasteiger partial charge in [-0.05, 0) is 106 Å². The molecular formula is C57H54F2N8O8. The molecule has 0 aliphatic carbocycles. The normalized spacial score (nSPS) is 17.3. The first-order valence-corrected chi connectivity index (χ1v) is 25.1. The van der Waals surface area contributed by atoms with Gasteiger partial charge in [0.25, 0.3) is 11.5 Å². The molecule has 4 aliphatic heterocycles. The third-order valence-corrected chi connectivity index (χ3v) is 15.5. The molecule has 18 heteroatoms. The summed E-state index contributed by atoms with van der Waals surface area (Å²) in [5.41, 5.74) is 3.40. The number of benzene rings is 3. The van der Waals surface area contributed by atoms with Crippen molar-refractivity contribution in [3.63, 3.8) is 0 Å². The number of anilines is 1. The van der Waals surface area contributed by atoms with Gasteiger partial charge in [-0.2, -0.15) is 9.97 Å². The first-order chi connectivity index (χ1) is 36.3. The number of pyridine rings is 3. The quantitative estimate of drug-likeness (QED) is 0.0635. The number of fused-ring (bicyclic) bond motifs is 7. The molecule has 3 fully saturated rings. The second-order valence-electron chi connectivity index (χ2n) is 19.9. The number of aliphatic hydroxyl groups excluding tert-OH is 1. The Morgan fingerprint density at radius 1 is 1.01 bits per heavy atom. The summed E-state index contributed by atoms with van der Waals surface area (Å²) in [5.74, 6) is 1.26. The largest absolute Gasteiger partial charge is 0.508 e. The van der Waals surface area contributed by atoms with Crippen LogP contribution in [0.1, 0.15) is 73.5 Å². The fraction of sp³-hybridized carbons (Fsp3) is 0.351. The Kier molecular flexibility index (Phi) is 12.8. The van der Waals surface area contributed by atoms with E-state index in [4.69, 9.17) is 30.6 Å². The fourth-order valence-corrected chi connectivity index (χ4v) is 11.9. The Morgan fingerprint density at radius 3 is 2.55 bits per heavy atom. The highest BCUT2D eigenvalue weighted by atomic mass is 19.1. The highest BCUT2D eigenvalue weighted by molar-refractivity contribution is 6.03. The van der Waals surface area contributed by atoms with E-state index >= 15 is 8.78 Å². The van der Waals surface area contributed by atoms with Crippen LogP contribution in [-0.4, -0.2) is 121 Å². The molecule has 75 heavy (non-hydrogen) atoms. The third kappa shape index (κ3) is 8.39. The zero-order chi connectivity index (χ0) is 52.4. The zero-order valence-electron chi connectivity index (χ0n) is 41.8. The van der Waals surface area contributed by atoms with Gasteiger partial charge in [0.15, 0.2) is 12.1 Å². The van der Waals surface area contributed by atoms with E-state index in [1.165, 1.54) is 37.6 Å². The number of nitrogens with zero attached hydrogens (tertiary/aromatic N) is 8. The monoisotopic (exact) mass is 1020 g/mol. The molecule has 7 aromatic rings. The van der Waals surface area contributed by atoms with E-state index in [-0.39, 0.29) is 112 Å². The molecule has 3 saturated heterocycles. The van der Waals surface area contributed by atoms with Gasteiger partial charge in [0.05, 0.1) is 46.5 Å². The smallest absolute Gasteiger partial charge is 0.319 e. The summed E-state index contributed by atoms with van der Waals surface area (Å²) in [5, 5.41) is 23.0. The van der Waals surface area contributed by atoms with Crippen molar-refractivity contribution in [2.45, 2.75) is 76.8 Å². The highest BCUT2D eigenvalue weighted by Crippen LogP contribution is 2.42. The summed E-state index contributed by atoms with van der Waals surface area (Å²) < 4.78 is 52.0. The number of carbonyl (C=O) groups is 2. The number of aldehydes is 1. The fourth-order valence-electron chi connectivity index (χ4n) is 11.9. The van der Waals surface area contributed by atoms with Gasteiger partial charge in [-0.15, -0.1) is 6.42 Å². The molecule has 1 amide bonds. The van der Waals surface area contributed by atoms with Crippen LogP contribution in [0.15, 0.2) is 71.7 Å². The second-order valence-corrected chi connectivity index (χ2v) is 19.9. The molecule has 2 N–H and O–H groups in total. The maximum absolute atomic E-state index is 17.3. The van der Waals surface area contributed by atoms with Crippen molar-refractivity contribution < 1.29 is 42.8 Å². The van der Waals surface area contributed by atoms with E-state index in [9.17, 15) is 24.6 Å². The van der Waals surface area contributed by atoms with Gasteiger partial charge in [-0.25, -0.2) is 13.8 Å². The number of amides is 1. The molecular weight excluding hydrogens is 963 g/mol. The number of methoxy groups -OCH3 is 1. The number of phenols is 1. The van der Waals surface area contributed by atoms with Crippen LogP contribution in [0.25, 0.3) is 55.2 Å². The van der Waals surface area contributed by atoms with Gasteiger partial charge >= 0.3 is 6.01 Å². The van der Waals surface area contributed by atoms with Crippen molar-refractivity contribution in [1.82, 2.24) is 34.3 Å². The maximum Gasteiger partial charge on any atom is 0.319 e. The Hall–Kier alpha value is -7.85. The number of aromatic hydroxyl groups is 1. The molecule has 0 radical (unpaired) electrons. The van der Waals surface area contributed by atoms with E-state index < -0.39 is 17.7 Å². The van der Waals surface area contributed by atoms with E-state index in [0.29, 0.717) is 65.1 Å². The van der Waals surface area contributed by atoms with Crippen molar-refractivity contribution in [3.8, 4) is 52.5 Å². The van der Waals surface area contributed by atoms with Crippen molar-refractivity contribution in [3.05, 3.63) is 117 Å². The molecule has 8 heterocycles. The number of aromatic nitrogens is 5. The predicted molar refractivity (Wildman–Crippen MR) is 278 cm³/mol. The van der Waals surface area contributed by atoms with Crippen LogP contribution in [0.2, 0.25) is 0 Å². The lowest BCUT2D eigenvalue weighted by atomic mass is 9.95. The van der Waals surface area contributed by atoms with Crippen LogP contribution in [0.3, 0.4) is 0 Å². The van der Waals surface area contributed by atoms with Gasteiger partial charge in [0.1, 0.15) is 53.7 Å². The number of hydrogen-bond acceptors (Lipinski definition) is 14. The van der Waals surface area contributed by atoms with Crippen molar-refractivity contribution in [1.29, 1.82) is 0 Å². The Labute approximate surface area is 430 Å². The Bertz CT molecular complexity index is 3640. The zero-order valence-corrected chi connectivity index (χ0v) is 41.8. The molecule has 2 atom stereocenters. The molecule has 4 aromatic heterocycles. The molecule has 3 aromatic carbocycles. The SMILES string of the molecule is C#Cc1c(F)ccc2cc(O)cc(-c3ncc4c(N5CCN(C(=O)C(=C)COc6ccc7nc8c(c(CC)c7c6)Cn6c-8cc(C(O)C=O)c(COC)c6=O)C[C@@H]5C)nc(OCC56CCCN5CCC6)nc4c3F)c12. The van der Waals surface area contributed by atoms with Gasteiger partial charge in [0, 0.05) is 77.6 Å². The van der Waals surface area contributed by atoms with E-state index in [2.05, 4.69) is 27.4 Å². The third-order valence-electron chi connectivity index (χ3n) is 15.5. The van der Waals surface area contributed by atoms with Gasteiger partial charge < -0.3 is 43.6 Å². The van der Waals surface area contributed by atoms with Crippen LogP contribution in [0.4, 0.5) is 14.6 Å². The van der Waals surface area contributed by atoms with Crippen LogP contribution < -0.4 is 19.9 Å². The molecule has 0 saturated carbocycles. The van der Waals surface area contributed by atoms with Gasteiger partial charge in [-0.1, -0.05) is 25.5 Å². The average molecular weight is 1020 g/mol. The number of aliphatic hydroxyl groups is 1. The van der Waals surface area contributed by atoms with Crippen LogP contribution in [0.5, 0.6) is 17.5 Å². The summed E-state index contributed by atoms with van der Waals surface area (Å²) in [6.45, 7) is 11.3. The maximum atomic E-state index is 17.3. The second kappa shape index (κ2) is 19.4. The first-order valence-electron chi connectivity index (χ1n) is 25.1. The van der Waals surface area contributed by atoms with Crippen LogP contribution >= 0.6 is 0 Å². The topological polar surface area (TPSA) is 186 Å². The van der Waals surface area contributed by atoms with E-state index in [0.717, 1.165) is 55.3 Å². The van der Waals surface area contributed by atoms with Crippen LogP contribution in [-0.2, 0) is 33.9 Å². The molecule has 4 aliphatic rings. The summed E-state index contributed by atoms with van der Waals surface area (Å²) in [4.78, 5) is 64.7. The molecule has 0 bridgehead atoms. The Morgan fingerprint density at radius 2 is 1.81 bits per heavy atom. The number of hydrogen-bond donors (Lipinski definition) is 2. The predicted octanol–water partition coefficient (Wildman–Crippen LogP) is 7.17. The molecule has 0 spiro atoms. The molecule has 1 unspecified atom stereocenters. The summed E-state index contributed by atoms with van der Waals surface area (Å²) >= 11 is 0. The van der Waals surface area contributed by atoms with Crippen LogP contribution in [0, 0.1) is 24.0 Å². The average Bonchev–Trinajstić information content (AvgIpc) is 4.12. The van der Waals surface area contributed by atoms with Crippen molar-refractivity contribution >= 4 is 50.6 Å². The van der Waals surface area contributed by atoms with E-state index in [1.807, 2.05) is 30.9 Å². The van der Waals surface area contributed by atoms with Crippen molar-refractivity contribution in [2.75, 3.05) is 57.9 Å². The van der Waals surface area contributed by atoms with Crippen molar-refractivity contribution in [2.24, 2.45) is 0 Å². The summed E-state index contributed by atoms with van der Waals surface area (Å²) in [7, 11) is 1.44. The number of carbonyl (C=O) groups excluding carboxylic acids is 2. The lowest BCUT2D eigenvalue weighted by Crippen LogP contribution is -2.54. The number of halogens is 2. The Balaban J connectivity index is 0.841. The number of aryl methyl sites for hydroxylation is 1. The first kappa shape index (κ1) is 49.4. The lowest BCUT2D eigenvalue weighted by molar-refractivity contribution is -0.128. The van der Waals surface area contributed by atoms with Gasteiger partial charge in [-0.3, -0.25) is 19.5 Å². The van der Waals surface area contributed by atoms with Gasteiger partial charge in [0.2, 0.25) is 0 Å². The summed E-state index contributed by atoms with van der Waals surface area (Å²) in [6, 6.07) is 12.1. The lowest BCUT2D eigenvalue weighted by Gasteiger charge is -2.41. The molecule has 16 nitrogen and oxygen atoms in total. The number of ether oxygens (including phenoxy) is 3. The highest BCUT2D eigenvalue weighted by Gasteiger charge is 2.45. The minimum Gasteiger partial charge on any atom is -0.508 e. The van der Waals surface area contributed by atoms with E-state index in [1.54, 1.807) is 21.6 Å². The molecule has 11 rings (SSSR count). The minimum absolute atomic E-state index is 0.0171. The number of piperazine rings is 1. The number of phenolic OH excluding ortho intramolecular Hbond substituents is 1. The summed E-state index contributed by atoms with van der Waals surface area (Å²) in [6.07, 6.45) is 10.8. The minimum atomic E-state index is -1.50.